The molecule has 2 rings (SSSR count). The molecule has 114 valence electrons. The van der Waals surface area contributed by atoms with E-state index < -0.39 is 4.92 Å². The molecule has 7 heteroatoms. The third-order valence-electron chi connectivity index (χ3n) is 4.01. The summed E-state index contributed by atoms with van der Waals surface area (Å²) in [5, 5.41) is 10.8. The molecule has 1 fully saturated rings. The van der Waals surface area contributed by atoms with E-state index in [2.05, 4.69) is 18.7 Å². The fraction of sp³-hybridized carbons (Fsp3) is 0.500. The molecule has 0 atom stereocenters. The number of nitro groups is 1. The van der Waals surface area contributed by atoms with E-state index in [1.807, 2.05) is 7.05 Å². The molecule has 0 spiro atoms. The molecule has 1 aromatic rings. The highest BCUT2D eigenvalue weighted by Gasteiger charge is 2.34. The molecule has 1 saturated heterocycles. The number of rotatable bonds is 2. The standard InChI is InChI=1S/C14H18ClN3O3/c1-14(2)9-17(8-7-16(14)3)13(19)10-5-4-6-11(12(10)15)18(20)21/h4-6H,7-9H2,1-3H3. The Morgan fingerprint density at radius 1 is 1.38 bits per heavy atom. The van der Waals surface area contributed by atoms with Crippen molar-refractivity contribution in [1.29, 1.82) is 0 Å². The van der Waals surface area contributed by atoms with Crippen molar-refractivity contribution in [2.45, 2.75) is 19.4 Å². The second-order valence-electron chi connectivity index (χ2n) is 5.86. The Balaban J connectivity index is 2.29. The zero-order valence-corrected chi connectivity index (χ0v) is 13.1. The molecule has 21 heavy (non-hydrogen) atoms. The molecule has 0 radical (unpaired) electrons. The van der Waals surface area contributed by atoms with Crippen LogP contribution in [-0.2, 0) is 0 Å². The van der Waals surface area contributed by atoms with Gasteiger partial charge in [-0.1, -0.05) is 17.7 Å². The van der Waals surface area contributed by atoms with Crippen LogP contribution in [0.15, 0.2) is 18.2 Å². The third kappa shape index (κ3) is 3.01. The lowest BCUT2D eigenvalue weighted by atomic mass is 9.99. The number of nitro benzene ring substituents is 1. The van der Waals surface area contributed by atoms with E-state index in [4.69, 9.17) is 11.6 Å². The molecule has 0 N–H and O–H groups in total. The van der Waals surface area contributed by atoms with Crippen LogP contribution in [0.1, 0.15) is 24.2 Å². The number of benzene rings is 1. The fourth-order valence-electron chi connectivity index (χ4n) is 2.41. The lowest BCUT2D eigenvalue weighted by molar-refractivity contribution is -0.384. The van der Waals surface area contributed by atoms with Crippen molar-refractivity contribution in [3.63, 3.8) is 0 Å². The first-order valence-electron chi connectivity index (χ1n) is 6.67. The third-order valence-corrected chi connectivity index (χ3v) is 4.41. The Hall–Kier alpha value is -1.66. The molecule has 1 aliphatic rings. The SMILES string of the molecule is CN1CCN(C(=O)c2cccc([N+](=O)[O-])c2Cl)CC1(C)C. The summed E-state index contributed by atoms with van der Waals surface area (Å²) in [6.07, 6.45) is 0. The van der Waals surface area contributed by atoms with Crippen LogP contribution >= 0.6 is 11.6 Å². The van der Waals surface area contributed by atoms with E-state index in [0.29, 0.717) is 13.1 Å². The predicted octanol–water partition coefficient (Wildman–Crippen LogP) is 2.41. The fourth-order valence-corrected chi connectivity index (χ4v) is 2.69. The number of amides is 1. The number of nitrogens with zero attached hydrogens (tertiary/aromatic N) is 3. The first-order valence-corrected chi connectivity index (χ1v) is 7.05. The van der Waals surface area contributed by atoms with E-state index in [1.165, 1.54) is 18.2 Å². The summed E-state index contributed by atoms with van der Waals surface area (Å²) in [5.74, 6) is -0.259. The van der Waals surface area contributed by atoms with Gasteiger partial charge in [0.1, 0.15) is 5.02 Å². The second-order valence-corrected chi connectivity index (χ2v) is 6.23. The first kappa shape index (κ1) is 15.7. The number of hydrogen-bond acceptors (Lipinski definition) is 4. The summed E-state index contributed by atoms with van der Waals surface area (Å²) in [6.45, 7) is 6.01. The highest BCUT2D eigenvalue weighted by Crippen LogP contribution is 2.29. The number of likely N-dealkylation sites (N-methyl/N-ethyl adjacent to an activating group) is 1. The van der Waals surface area contributed by atoms with Crippen molar-refractivity contribution in [3.05, 3.63) is 38.9 Å². The quantitative estimate of drug-likeness (QED) is 0.621. The minimum absolute atomic E-state index is 0.0933. The van der Waals surface area contributed by atoms with Gasteiger partial charge in [-0.15, -0.1) is 0 Å². The van der Waals surface area contributed by atoms with E-state index in [0.717, 1.165) is 6.54 Å². The van der Waals surface area contributed by atoms with Gasteiger partial charge in [-0.05, 0) is 27.0 Å². The average molecular weight is 312 g/mol. The van der Waals surface area contributed by atoms with Crippen molar-refractivity contribution in [1.82, 2.24) is 9.80 Å². The average Bonchev–Trinajstić information content (AvgIpc) is 2.41. The highest BCUT2D eigenvalue weighted by atomic mass is 35.5. The van der Waals surface area contributed by atoms with E-state index in [1.54, 1.807) is 4.90 Å². The van der Waals surface area contributed by atoms with Gasteiger partial charge in [0.05, 0.1) is 10.5 Å². The molecule has 0 unspecified atom stereocenters. The first-order chi connectivity index (χ1) is 9.74. The zero-order chi connectivity index (χ0) is 15.8. The normalized spacial score (nSPS) is 18.6. The molecule has 1 aliphatic heterocycles. The van der Waals surface area contributed by atoms with E-state index in [9.17, 15) is 14.9 Å². The molecule has 0 saturated carbocycles. The summed E-state index contributed by atoms with van der Waals surface area (Å²) >= 11 is 6.02. The maximum atomic E-state index is 12.6. The molecule has 6 nitrogen and oxygen atoms in total. The second kappa shape index (κ2) is 5.61. The topological polar surface area (TPSA) is 66.7 Å². The van der Waals surface area contributed by atoms with Crippen molar-refractivity contribution < 1.29 is 9.72 Å². The highest BCUT2D eigenvalue weighted by molar-refractivity contribution is 6.35. The van der Waals surface area contributed by atoms with Crippen molar-refractivity contribution in [2.75, 3.05) is 26.7 Å². The summed E-state index contributed by atoms with van der Waals surface area (Å²) < 4.78 is 0. The van der Waals surface area contributed by atoms with Gasteiger partial charge < -0.3 is 4.90 Å². The van der Waals surface area contributed by atoms with Gasteiger partial charge in [-0.2, -0.15) is 0 Å². The lowest BCUT2D eigenvalue weighted by Crippen LogP contribution is -2.58. The summed E-state index contributed by atoms with van der Waals surface area (Å²) in [4.78, 5) is 26.8. The largest absolute Gasteiger partial charge is 0.335 e. The molecular formula is C14H18ClN3O3. The monoisotopic (exact) mass is 311 g/mol. The van der Waals surface area contributed by atoms with Crippen LogP contribution in [0.4, 0.5) is 5.69 Å². The van der Waals surface area contributed by atoms with Crippen LogP contribution in [0.2, 0.25) is 5.02 Å². The smallest absolute Gasteiger partial charge is 0.288 e. The molecule has 0 aliphatic carbocycles. The minimum Gasteiger partial charge on any atom is -0.335 e. The van der Waals surface area contributed by atoms with Crippen molar-refractivity contribution in [2.24, 2.45) is 0 Å². The summed E-state index contributed by atoms with van der Waals surface area (Å²) in [5.41, 5.74) is -0.191. The predicted molar refractivity (Wildman–Crippen MR) is 80.7 cm³/mol. The van der Waals surface area contributed by atoms with Crippen LogP contribution in [0.25, 0.3) is 0 Å². The molecule has 1 aromatic carbocycles. The van der Waals surface area contributed by atoms with Crippen LogP contribution < -0.4 is 0 Å². The van der Waals surface area contributed by atoms with Crippen molar-refractivity contribution >= 4 is 23.2 Å². The van der Waals surface area contributed by atoms with Crippen LogP contribution in [-0.4, -0.2) is 52.9 Å². The summed E-state index contributed by atoms with van der Waals surface area (Å²) in [6, 6.07) is 4.31. The Labute approximate surface area is 128 Å². The van der Waals surface area contributed by atoms with Gasteiger partial charge in [0.15, 0.2) is 0 Å². The van der Waals surface area contributed by atoms with Gasteiger partial charge in [0, 0.05) is 31.2 Å². The van der Waals surface area contributed by atoms with Crippen LogP contribution in [0.5, 0.6) is 0 Å². The Morgan fingerprint density at radius 2 is 2.05 bits per heavy atom. The Morgan fingerprint density at radius 3 is 2.62 bits per heavy atom. The lowest BCUT2D eigenvalue weighted by Gasteiger charge is -2.45. The van der Waals surface area contributed by atoms with Gasteiger partial charge >= 0.3 is 0 Å². The molecule has 1 amide bonds. The molecule has 0 aromatic heterocycles. The van der Waals surface area contributed by atoms with Gasteiger partial charge in [-0.25, -0.2) is 0 Å². The summed E-state index contributed by atoms with van der Waals surface area (Å²) in [7, 11) is 2.02. The number of halogens is 1. The van der Waals surface area contributed by atoms with Gasteiger partial charge in [0.25, 0.3) is 11.6 Å². The number of hydrogen-bond donors (Lipinski definition) is 0. The minimum atomic E-state index is -0.576. The van der Waals surface area contributed by atoms with E-state index in [-0.39, 0.29) is 27.7 Å². The molecule has 1 heterocycles. The maximum absolute atomic E-state index is 12.6. The zero-order valence-electron chi connectivity index (χ0n) is 12.3. The van der Waals surface area contributed by atoms with Gasteiger partial charge in [0.2, 0.25) is 0 Å². The number of carbonyl (C=O) groups excluding carboxylic acids is 1. The molecule has 0 bridgehead atoms. The number of piperazine rings is 1. The van der Waals surface area contributed by atoms with E-state index >= 15 is 0 Å². The Bertz CT molecular complexity index is 589. The van der Waals surface area contributed by atoms with Gasteiger partial charge in [-0.3, -0.25) is 19.8 Å². The van der Waals surface area contributed by atoms with Crippen LogP contribution in [0.3, 0.4) is 0 Å². The van der Waals surface area contributed by atoms with Crippen LogP contribution in [0, 0.1) is 10.1 Å². The maximum Gasteiger partial charge on any atom is 0.288 e. The number of carbonyl (C=O) groups is 1. The Kier molecular flexibility index (Phi) is 4.20. The van der Waals surface area contributed by atoms with Crippen molar-refractivity contribution in [3.8, 4) is 0 Å². The molecular weight excluding hydrogens is 294 g/mol.